The van der Waals surface area contributed by atoms with Gasteiger partial charge in [0.1, 0.15) is 11.6 Å². The first kappa shape index (κ1) is 12.8. The minimum atomic E-state index is -0.487. The van der Waals surface area contributed by atoms with Crippen LogP contribution in [0.15, 0.2) is 34.8 Å². The maximum absolute atomic E-state index is 13.3. The first-order valence-electron chi connectivity index (χ1n) is 5.25. The minimum absolute atomic E-state index is 0.0392. The number of halogens is 3. The highest BCUT2D eigenvalue weighted by molar-refractivity contribution is 9.10. The van der Waals surface area contributed by atoms with Crippen LogP contribution in [-0.4, -0.2) is 0 Å². The molecule has 2 nitrogen and oxygen atoms in total. The summed E-state index contributed by atoms with van der Waals surface area (Å²) in [5.74, 6) is -0.830. The molecule has 0 fully saturated rings. The summed E-state index contributed by atoms with van der Waals surface area (Å²) < 4.78 is 26.9. The van der Waals surface area contributed by atoms with Gasteiger partial charge < -0.3 is 11.1 Å². The van der Waals surface area contributed by atoms with Crippen LogP contribution >= 0.6 is 15.9 Å². The second kappa shape index (κ2) is 4.94. The van der Waals surface area contributed by atoms with Crippen molar-refractivity contribution in [3.05, 3.63) is 52.0 Å². The quantitative estimate of drug-likeness (QED) is 0.808. The molecule has 2 aromatic carbocycles. The van der Waals surface area contributed by atoms with E-state index in [2.05, 4.69) is 21.2 Å². The second-order valence-corrected chi connectivity index (χ2v) is 4.76. The number of anilines is 3. The molecule has 2 aromatic rings. The molecule has 0 saturated carbocycles. The third-order valence-electron chi connectivity index (χ3n) is 2.59. The van der Waals surface area contributed by atoms with Gasteiger partial charge >= 0.3 is 0 Å². The van der Waals surface area contributed by atoms with E-state index in [-0.39, 0.29) is 11.5 Å². The topological polar surface area (TPSA) is 38.0 Å². The fraction of sp³-hybridized carbons (Fsp3) is 0.0769. The monoisotopic (exact) mass is 312 g/mol. The van der Waals surface area contributed by atoms with Gasteiger partial charge in [-0.3, -0.25) is 0 Å². The molecule has 0 unspecified atom stereocenters. The Hall–Kier alpha value is -1.62. The number of hydrogen-bond acceptors (Lipinski definition) is 2. The van der Waals surface area contributed by atoms with Crippen LogP contribution in [0.5, 0.6) is 0 Å². The number of nitrogens with one attached hydrogen (secondary N) is 1. The zero-order valence-corrected chi connectivity index (χ0v) is 11.2. The van der Waals surface area contributed by atoms with Crippen molar-refractivity contribution in [1.29, 1.82) is 0 Å². The van der Waals surface area contributed by atoms with Crippen molar-refractivity contribution in [2.75, 3.05) is 11.1 Å². The Balaban J connectivity index is 2.40. The lowest BCUT2D eigenvalue weighted by Crippen LogP contribution is -2.00. The number of para-hydroxylation sites is 1. The van der Waals surface area contributed by atoms with E-state index in [4.69, 9.17) is 5.73 Å². The average Bonchev–Trinajstić information content (AvgIpc) is 2.32. The number of aryl methyl sites for hydroxylation is 1. The SMILES string of the molecule is Cc1cc(F)c(Br)cc1Nc1cccc(F)c1N. The molecule has 0 atom stereocenters. The molecule has 0 aromatic heterocycles. The molecule has 3 N–H and O–H groups in total. The van der Waals surface area contributed by atoms with Crippen molar-refractivity contribution in [3.63, 3.8) is 0 Å². The van der Waals surface area contributed by atoms with E-state index in [1.165, 1.54) is 12.1 Å². The van der Waals surface area contributed by atoms with Gasteiger partial charge in [0.2, 0.25) is 0 Å². The molecular weight excluding hydrogens is 302 g/mol. The van der Waals surface area contributed by atoms with Crippen LogP contribution in [0.1, 0.15) is 5.56 Å². The normalized spacial score (nSPS) is 10.4. The highest BCUT2D eigenvalue weighted by Gasteiger charge is 2.08. The molecule has 0 amide bonds. The van der Waals surface area contributed by atoms with Crippen LogP contribution in [0.3, 0.4) is 0 Å². The molecule has 0 aliphatic heterocycles. The van der Waals surface area contributed by atoms with Crippen LogP contribution in [0.25, 0.3) is 0 Å². The first-order chi connectivity index (χ1) is 8.49. The van der Waals surface area contributed by atoms with Gasteiger partial charge in [0.15, 0.2) is 0 Å². The fourth-order valence-corrected chi connectivity index (χ4v) is 1.92. The summed E-state index contributed by atoms with van der Waals surface area (Å²) in [6.07, 6.45) is 0. The summed E-state index contributed by atoms with van der Waals surface area (Å²) in [7, 11) is 0. The smallest absolute Gasteiger partial charge is 0.148 e. The van der Waals surface area contributed by atoms with Gasteiger partial charge in [-0.05, 0) is 52.7 Å². The number of hydrogen-bond donors (Lipinski definition) is 2. The Morgan fingerprint density at radius 2 is 1.83 bits per heavy atom. The van der Waals surface area contributed by atoms with Gasteiger partial charge in [0, 0.05) is 5.69 Å². The van der Waals surface area contributed by atoms with Gasteiger partial charge in [-0.25, -0.2) is 8.78 Å². The van der Waals surface area contributed by atoms with Crippen LogP contribution in [0.4, 0.5) is 25.8 Å². The molecule has 18 heavy (non-hydrogen) atoms. The van der Waals surface area contributed by atoms with Crippen molar-refractivity contribution in [3.8, 4) is 0 Å². The molecule has 2 rings (SSSR count). The van der Waals surface area contributed by atoms with E-state index in [0.717, 1.165) is 0 Å². The Kier molecular flexibility index (Phi) is 3.52. The molecule has 0 spiro atoms. The van der Waals surface area contributed by atoms with Crippen molar-refractivity contribution in [2.45, 2.75) is 6.92 Å². The zero-order valence-electron chi connectivity index (χ0n) is 9.60. The van der Waals surface area contributed by atoms with Gasteiger partial charge in [-0.15, -0.1) is 0 Å². The maximum Gasteiger partial charge on any atom is 0.148 e. The van der Waals surface area contributed by atoms with Crippen LogP contribution in [0, 0.1) is 18.6 Å². The zero-order chi connectivity index (χ0) is 13.3. The molecule has 5 heteroatoms. The molecule has 0 aliphatic carbocycles. The first-order valence-corrected chi connectivity index (χ1v) is 6.05. The van der Waals surface area contributed by atoms with Crippen molar-refractivity contribution in [1.82, 2.24) is 0 Å². The van der Waals surface area contributed by atoms with Crippen molar-refractivity contribution >= 4 is 33.0 Å². The van der Waals surface area contributed by atoms with Gasteiger partial charge in [0.05, 0.1) is 15.8 Å². The standard InChI is InChI=1S/C13H11BrF2N2/c1-7-5-10(16)8(14)6-12(7)18-11-4-2-3-9(15)13(11)17/h2-6,18H,17H2,1H3. The molecule has 94 valence electrons. The molecule has 0 aliphatic rings. The number of benzene rings is 2. The lowest BCUT2D eigenvalue weighted by Gasteiger charge is -2.13. The van der Waals surface area contributed by atoms with Gasteiger partial charge in [-0.2, -0.15) is 0 Å². The maximum atomic E-state index is 13.3. The van der Waals surface area contributed by atoms with Crippen molar-refractivity contribution < 1.29 is 8.78 Å². The minimum Gasteiger partial charge on any atom is -0.395 e. The van der Waals surface area contributed by atoms with Crippen LogP contribution in [0.2, 0.25) is 0 Å². The predicted octanol–water partition coefficient (Wildman–Crippen LogP) is 4.36. The van der Waals surface area contributed by atoms with Gasteiger partial charge in [0.25, 0.3) is 0 Å². The second-order valence-electron chi connectivity index (χ2n) is 3.91. The van der Waals surface area contributed by atoms with E-state index in [0.29, 0.717) is 21.4 Å². The van der Waals surface area contributed by atoms with E-state index in [9.17, 15) is 8.78 Å². The van der Waals surface area contributed by atoms with Crippen LogP contribution in [-0.2, 0) is 0 Å². The lowest BCUT2D eigenvalue weighted by atomic mass is 10.1. The summed E-state index contributed by atoms with van der Waals surface area (Å²) in [5, 5.41) is 2.99. The summed E-state index contributed by atoms with van der Waals surface area (Å²) in [5.41, 5.74) is 7.49. The molecule has 0 bridgehead atoms. The molecular formula is C13H11BrF2N2. The molecule has 0 heterocycles. The van der Waals surface area contributed by atoms with E-state index in [1.807, 2.05) is 0 Å². The average molecular weight is 313 g/mol. The highest BCUT2D eigenvalue weighted by atomic mass is 79.9. The number of rotatable bonds is 2. The number of nitrogen functional groups attached to an aromatic ring is 1. The van der Waals surface area contributed by atoms with E-state index in [1.54, 1.807) is 25.1 Å². The Morgan fingerprint density at radius 1 is 1.11 bits per heavy atom. The van der Waals surface area contributed by atoms with E-state index >= 15 is 0 Å². The lowest BCUT2D eigenvalue weighted by molar-refractivity contribution is 0.620. The third kappa shape index (κ3) is 2.46. The summed E-state index contributed by atoms with van der Waals surface area (Å²) in [6, 6.07) is 7.49. The molecule has 0 saturated heterocycles. The third-order valence-corrected chi connectivity index (χ3v) is 3.20. The van der Waals surface area contributed by atoms with Gasteiger partial charge in [-0.1, -0.05) is 6.07 Å². The summed E-state index contributed by atoms with van der Waals surface area (Å²) in [4.78, 5) is 0. The predicted molar refractivity (Wildman–Crippen MR) is 72.9 cm³/mol. The Bertz CT molecular complexity index is 600. The van der Waals surface area contributed by atoms with Crippen LogP contribution < -0.4 is 11.1 Å². The summed E-state index contributed by atoms with van der Waals surface area (Å²) >= 11 is 3.11. The van der Waals surface area contributed by atoms with Crippen molar-refractivity contribution in [2.24, 2.45) is 0 Å². The fourth-order valence-electron chi connectivity index (χ4n) is 1.57. The van der Waals surface area contributed by atoms with E-state index < -0.39 is 5.82 Å². The molecule has 0 radical (unpaired) electrons. The Morgan fingerprint density at radius 3 is 2.56 bits per heavy atom. The summed E-state index contributed by atoms with van der Waals surface area (Å²) in [6.45, 7) is 1.76. The largest absolute Gasteiger partial charge is 0.395 e. The Labute approximate surface area is 112 Å². The highest BCUT2D eigenvalue weighted by Crippen LogP contribution is 2.30. The number of nitrogens with two attached hydrogens (primary N) is 1.